The summed E-state index contributed by atoms with van der Waals surface area (Å²) >= 11 is 5.84. The monoisotopic (exact) mass is 408 g/mol. The highest BCUT2D eigenvalue weighted by Gasteiger charge is 2.26. The zero-order chi connectivity index (χ0) is 19.7. The molecule has 1 amide bonds. The van der Waals surface area contributed by atoms with Gasteiger partial charge in [-0.15, -0.1) is 0 Å². The van der Waals surface area contributed by atoms with Crippen molar-refractivity contribution in [3.05, 3.63) is 65.2 Å². The third-order valence-corrected chi connectivity index (χ3v) is 6.22. The van der Waals surface area contributed by atoms with Gasteiger partial charge in [-0.05, 0) is 42.7 Å². The van der Waals surface area contributed by atoms with Gasteiger partial charge in [-0.25, -0.2) is 8.42 Å². The Hall–Kier alpha value is -1.89. The lowest BCUT2D eigenvalue weighted by atomic mass is 10.1. The molecule has 2 rings (SSSR count). The molecule has 0 atom stereocenters. The Labute approximate surface area is 166 Å². The van der Waals surface area contributed by atoms with Crippen molar-refractivity contribution in [3.63, 3.8) is 0 Å². The van der Waals surface area contributed by atoms with E-state index < -0.39 is 10.0 Å². The van der Waals surface area contributed by atoms with Crippen molar-refractivity contribution in [2.24, 2.45) is 0 Å². The van der Waals surface area contributed by atoms with E-state index in [1.54, 1.807) is 0 Å². The van der Waals surface area contributed by atoms with Gasteiger partial charge >= 0.3 is 0 Å². The fourth-order valence-electron chi connectivity index (χ4n) is 2.58. The lowest BCUT2D eigenvalue weighted by molar-refractivity contribution is -0.121. The van der Waals surface area contributed by atoms with E-state index in [4.69, 9.17) is 11.6 Å². The summed E-state index contributed by atoms with van der Waals surface area (Å²) in [7, 11) is -3.75. The summed E-state index contributed by atoms with van der Waals surface area (Å²) in [5, 5.41) is 3.27. The molecule has 0 spiro atoms. The second-order valence-electron chi connectivity index (χ2n) is 6.23. The van der Waals surface area contributed by atoms with Gasteiger partial charge in [0.25, 0.3) is 0 Å². The van der Waals surface area contributed by atoms with Crippen LogP contribution < -0.4 is 5.32 Å². The number of nitrogens with one attached hydrogen (secondary N) is 1. The van der Waals surface area contributed by atoms with Crippen LogP contribution in [0.25, 0.3) is 0 Å². The minimum absolute atomic E-state index is 0.139. The zero-order valence-electron chi connectivity index (χ0n) is 15.4. The van der Waals surface area contributed by atoms with Crippen LogP contribution in [0.1, 0.15) is 25.3 Å². The predicted molar refractivity (Wildman–Crippen MR) is 108 cm³/mol. The number of benzene rings is 2. The Morgan fingerprint density at radius 3 is 2.37 bits per heavy atom. The van der Waals surface area contributed by atoms with Gasteiger partial charge in [0.05, 0.1) is 11.4 Å². The predicted octanol–water partition coefficient (Wildman–Crippen LogP) is 3.49. The maximum absolute atomic E-state index is 12.9. The van der Waals surface area contributed by atoms with Gasteiger partial charge in [-0.1, -0.05) is 55.3 Å². The molecule has 7 heteroatoms. The fourth-order valence-corrected chi connectivity index (χ4v) is 4.14. The number of carbonyl (C=O) groups is 1. The number of sulfonamides is 1. The largest absolute Gasteiger partial charge is 0.355 e. The maximum atomic E-state index is 12.9. The molecule has 0 bridgehead atoms. The minimum atomic E-state index is -3.75. The van der Waals surface area contributed by atoms with Crippen LogP contribution in [0.2, 0.25) is 5.02 Å². The molecule has 0 aliphatic heterocycles. The molecule has 27 heavy (non-hydrogen) atoms. The fraction of sp³-hybridized carbons (Fsp3) is 0.350. The van der Waals surface area contributed by atoms with E-state index in [1.807, 2.05) is 37.3 Å². The first-order valence-corrected chi connectivity index (χ1v) is 10.8. The van der Waals surface area contributed by atoms with E-state index >= 15 is 0 Å². The number of amides is 1. The van der Waals surface area contributed by atoms with Crippen molar-refractivity contribution in [3.8, 4) is 0 Å². The molecule has 2 aromatic rings. The van der Waals surface area contributed by atoms with Crippen molar-refractivity contribution < 1.29 is 13.2 Å². The van der Waals surface area contributed by atoms with Crippen LogP contribution in [0, 0.1) is 0 Å². The zero-order valence-corrected chi connectivity index (χ0v) is 17.0. The van der Waals surface area contributed by atoms with Crippen molar-refractivity contribution in [2.75, 3.05) is 19.6 Å². The highest BCUT2D eigenvalue weighted by molar-refractivity contribution is 7.89. The average molecular weight is 409 g/mol. The first-order valence-electron chi connectivity index (χ1n) is 9.00. The van der Waals surface area contributed by atoms with Crippen molar-refractivity contribution >= 4 is 27.5 Å². The Morgan fingerprint density at radius 2 is 1.74 bits per heavy atom. The first-order chi connectivity index (χ1) is 12.9. The topological polar surface area (TPSA) is 66.5 Å². The number of carbonyl (C=O) groups excluding carboxylic acids is 1. The Morgan fingerprint density at radius 1 is 1.07 bits per heavy atom. The average Bonchev–Trinajstić information content (AvgIpc) is 2.66. The van der Waals surface area contributed by atoms with Crippen LogP contribution >= 0.6 is 11.6 Å². The molecular weight excluding hydrogens is 384 g/mol. The number of rotatable bonds is 10. The van der Waals surface area contributed by atoms with Crippen LogP contribution in [0.15, 0.2) is 59.5 Å². The maximum Gasteiger partial charge on any atom is 0.243 e. The molecule has 2 aromatic carbocycles. The highest BCUT2D eigenvalue weighted by Crippen LogP contribution is 2.19. The molecule has 5 nitrogen and oxygen atoms in total. The van der Waals surface area contributed by atoms with Crippen LogP contribution in [0.3, 0.4) is 0 Å². The van der Waals surface area contributed by atoms with E-state index in [2.05, 4.69) is 5.32 Å². The normalized spacial score (nSPS) is 11.5. The number of unbranched alkanes of at least 4 members (excludes halogenated alkanes) is 1. The van der Waals surface area contributed by atoms with Crippen molar-refractivity contribution in [2.45, 2.75) is 31.1 Å². The Balaban J connectivity index is 2.00. The van der Waals surface area contributed by atoms with Gasteiger partial charge in [0, 0.05) is 18.1 Å². The number of nitrogens with zero attached hydrogens (tertiary/aromatic N) is 1. The third kappa shape index (κ3) is 6.65. The molecule has 1 N–H and O–H groups in total. The highest BCUT2D eigenvalue weighted by atomic mass is 35.5. The summed E-state index contributed by atoms with van der Waals surface area (Å²) in [5.41, 5.74) is 1.12. The summed E-state index contributed by atoms with van der Waals surface area (Å²) < 4.78 is 27.0. The van der Waals surface area contributed by atoms with E-state index in [0.717, 1.165) is 12.0 Å². The second kappa shape index (κ2) is 10.4. The van der Waals surface area contributed by atoms with Gasteiger partial charge in [0.2, 0.25) is 15.9 Å². The molecule has 0 aliphatic rings. The molecule has 0 aliphatic carbocycles. The number of halogens is 1. The van der Waals surface area contributed by atoms with Gasteiger partial charge in [0.1, 0.15) is 0 Å². The summed E-state index contributed by atoms with van der Waals surface area (Å²) in [4.78, 5) is 12.4. The molecule has 0 radical (unpaired) electrons. The lowest BCUT2D eigenvalue weighted by Gasteiger charge is -2.21. The molecule has 0 heterocycles. The number of hydrogen-bond acceptors (Lipinski definition) is 3. The second-order valence-corrected chi connectivity index (χ2v) is 8.61. The van der Waals surface area contributed by atoms with Crippen LogP contribution in [0.5, 0.6) is 0 Å². The lowest BCUT2D eigenvalue weighted by Crippen LogP contribution is -2.41. The van der Waals surface area contributed by atoms with E-state index in [9.17, 15) is 13.2 Å². The van der Waals surface area contributed by atoms with Crippen LogP contribution in [-0.4, -0.2) is 38.3 Å². The van der Waals surface area contributed by atoms with Crippen LogP contribution in [-0.2, 0) is 21.2 Å². The van der Waals surface area contributed by atoms with Gasteiger partial charge in [-0.3, -0.25) is 4.79 Å². The van der Waals surface area contributed by atoms with E-state index in [1.165, 1.54) is 28.6 Å². The van der Waals surface area contributed by atoms with Gasteiger partial charge in [-0.2, -0.15) is 4.31 Å². The van der Waals surface area contributed by atoms with E-state index in [-0.39, 0.29) is 17.3 Å². The number of hydrogen-bond donors (Lipinski definition) is 1. The third-order valence-electron chi connectivity index (χ3n) is 4.11. The summed E-state index contributed by atoms with van der Waals surface area (Å²) in [6.07, 6.45) is 2.22. The van der Waals surface area contributed by atoms with Gasteiger partial charge < -0.3 is 5.32 Å². The van der Waals surface area contributed by atoms with Crippen LogP contribution in [0.4, 0.5) is 0 Å². The minimum Gasteiger partial charge on any atom is -0.355 e. The van der Waals surface area contributed by atoms with E-state index in [0.29, 0.717) is 31.0 Å². The molecule has 0 saturated carbocycles. The summed E-state index contributed by atoms with van der Waals surface area (Å²) in [5.74, 6) is -0.306. The molecule has 0 fully saturated rings. The summed E-state index contributed by atoms with van der Waals surface area (Å²) in [6.45, 7) is 2.55. The Bertz CT molecular complexity index is 824. The standard InChI is InChI=1S/C20H25ClN2O3S/c1-2-3-15-23(27(25,26)19-11-9-18(21)10-12-19)16-20(24)22-14-13-17-7-5-4-6-8-17/h4-12H,2-3,13-16H2,1H3,(H,22,24). The summed E-state index contributed by atoms with van der Waals surface area (Å²) in [6, 6.07) is 15.8. The van der Waals surface area contributed by atoms with Crippen molar-refractivity contribution in [1.82, 2.24) is 9.62 Å². The Kier molecular flexibility index (Phi) is 8.28. The van der Waals surface area contributed by atoms with Crippen molar-refractivity contribution in [1.29, 1.82) is 0 Å². The van der Waals surface area contributed by atoms with Gasteiger partial charge in [0.15, 0.2) is 0 Å². The SMILES string of the molecule is CCCCN(CC(=O)NCCc1ccccc1)S(=O)(=O)c1ccc(Cl)cc1. The smallest absolute Gasteiger partial charge is 0.243 e. The molecule has 146 valence electrons. The quantitative estimate of drug-likeness (QED) is 0.654. The molecule has 0 aromatic heterocycles. The molecular formula is C20H25ClN2O3S. The first kappa shape index (κ1) is 21.4. The molecule has 0 saturated heterocycles. The molecule has 0 unspecified atom stereocenters.